The smallest absolute Gasteiger partial charge is 0.191 e. The molecule has 0 aliphatic carbocycles. The largest absolute Gasteiger partial charge is 0.379 e. The topological polar surface area (TPSA) is 52.1 Å². The lowest BCUT2D eigenvalue weighted by Crippen LogP contribution is -2.53. The zero-order valence-corrected chi connectivity index (χ0v) is 18.9. The number of nitrogens with zero attached hydrogens (tertiary/aromatic N) is 3. The number of ether oxygens (including phenoxy) is 1. The van der Waals surface area contributed by atoms with Gasteiger partial charge in [0.1, 0.15) is 0 Å². The molecule has 0 radical (unpaired) electrons. The number of hydrogen-bond acceptors (Lipinski definition) is 4. The van der Waals surface area contributed by atoms with Crippen LogP contribution in [0.5, 0.6) is 0 Å². The first-order valence-electron chi connectivity index (χ1n) is 11.7. The zero-order chi connectivity index (χ0) is 20.2. The molecule has 2 rings (SSSR count). The fourth-order valence-electron chi connectivity index (χ4n) is 4.73. The molecule has 0 aromatic rings. The van der Waals surface area contributed by atoms with Crippen molar-refractivity contribution in [3.05, 3.63) is 0 Å². The van der Waals surface area contributed by atoms with Crippen LogP contribution in [0.25, 0.3) is 0 Å². The molecule has 0 aromatic heterocycles. The van der Waals surface area contributed by atoms with Crippen molar-refractivity contribution in [1.29, 1.82) is 0 Å². The molecule has 2 aliphatic rings. The summed E-state index contributed by atoms with van der Waals surface area (Å²) in [5.74, 6) is 2.44. The van der Waals surface area contributed by atoms with Gasteiger partial charge in [0.2, 0.25) is 0 Å². The van der Waals surface area contributed by atoms with Gasteiger partial charge in [0, 0.05) is 39.3 Å². The van der Waals surface area contributed by atoms with Crippen LogP contribution in [0.15, 0.2) is 4.99 Å². The summed E-state index contributed by atoms with van der Waals surface area (Å²) in [6.45, 7) is 16.5. The van der Waals surface area contributed by atoms with E-state index in [0.717, 1.165) is 51.3 Å². The minimum Gasteiger partial charge on any atom is -0.379 e. The predicted octanol–water partition coefficient (Wildman–Crippen LogP) is 2.41. The van der Waals surface area contributed by atoms with Gasteiger partial charge in [0.05, 0.1) is 13.2 Å². The van der Waals surface area contributed by atoms with Gasteiger partial charge in [-0.05, 0) is 50.7 Å². The number of rotatable bonds is 10. The van der Waals surface area contributed by atoms with Gasteiger partial charge >= 0.3 is 0 Å². The first-order valence-corrected chi connectivity index (χ1v) is 11.7. The van der Waals surface area contributed by atoms with Crippen LogP contribution in [0.2, 0.25) is 0 Å². The van der Waals surface area contributed by atoms with Crippen LogP contribution in [0.1, 0.15) is 52.9 Å². The summed E-state index contributed by atoms with van der Waals surface area (Å²) in [6.07, 6.45) is 6.31. The summed E-state index contributed by atoms with van der Waals surface area (Å²) in [7, 11) is 1.89. The van der Waals surface area contributed by atoms with E-state index >= 15 is 0 Å². The number of piperidine rings is 1. The Morgan fingerprint density at radius 2 is 1.71 bits per heavy atom. The summed E-state index contributed by atoms with van der Waals surface area (Å²) >= 11 is 0. The van der Waals surface area contributed by atoms with E-state index < -0.39 is 0 Å². The van der Waals surface area contributed by atoms with Crippen LogP contribution in [-0.4, -0.2) is 87.9 Å². The molecule has 2 heterocycles. The molecule has 0 bridgehead atoms. The average molecular weight is 396 g/mol. The van der Waals surface area contributed by atoms with Gasteiger partial charge < -0.3 is 20.3 Å². The van der Waals surface area contributed by atoms with E-state index in [4.69, 9.17) is 4.74 Å². The molecule has 1 atom stereocenters. The maximum Gasteiger partial charge on any atom is 0.191 e. The van der Waals surface area contributed by atoms with Gasteiger partial charge in [-0.25, -0.2) is 0 Å². The van der Waals surface area contributed by atoms with Crippen molar-refractivity contribution in [2.24, 2.45) is 16.8 Å². The summed E-state index contributed by atoms with van der Waals surface area (Å²) in [5.41, 5.74) is 0. The quantitative estimate of drug-likeness (QED) is 0.439. The highest BCUT2D eigenvalue weighted by Crippen LogP contribution is 2.20. The van der Waals surface area contributed by atoms with Gasteiger partial charge in [0.25, 0.3) is 0 Å². The summed E-state index contributed by atoms with van der Waals surface area (Å²) < 4.78 is 5.57. The Bertz CT molecular complexity index is 427. The molecule has 2 aliphatic heterocycles. The highest BCUT2D eigenvalue weighted by Gasteiger charge is 2.27. The van der Waals surface area contributed by atoms with Gasteiger partial charge in [-0.3, -0.25) is 9.89 Å². The molecule has 0 saturated carbocycles. The van der Waals surface area contributed by atoms with Crippen LogP contribution in [-0.2, 0) is 4.74 Å². The fraction of sp³-hybridized carbons (Fsp3) is 0.955. The van der Waals surface area contributed by atoms with Gasteiger partial charge in [0.15, 0.2) is 5.96 Å². The first-order chi connectivity index (χ1) is 13.7. The van der Waals surface area contributed by atoms with Crippen LogP contribution < -0.4 is 10.6 Å². The van der Waals surface area contributed by atoms with E-state index in [2.05, 4.69) is 46.2 Å². The second-order valence-corrected chi connectivity index (χ2v) is 8.41. The average Bonchev–Trinajstić information content (AvgIpc) is 2.75. The Hall–Kier alpha value is -0.850. The van der Waals surface area contributed by atoms with Crippen molar-refractivity contribution in [3.63, 3.8) is 0 Å². The number of nitrogens with one attached hydrogen (secondary N) is 2. The van der Waals surface area contributed by atoms with Gasteiger partial charge in [-0.2, -0.15) is 0 Å². The molecule has 6 nitrogen and oxygen atoms in total. The Balaban J connectivity index is 1.78. The highest BCUT2D eigenvalue weighted by atomic mass is 16.5. The summed E-state index contributed by atoms with van der Waals surface area (Å²) in [6, 6.07) is 0.551. The Morgan fingerprint density at radius 1 is 1.04 bits per heavy atom. The maximum absolute atomic E-state index is 5.57. The van der Waals surface area contributed by atoms with Gasteiger partial charge in [-0.1, -0.05) is 33.6 Å². The minimum atomic E-state index is 0.551. The van der Waals surface area contributed by atoms with Crippen LogP contribution >= 0.6 is 0 Å². The standard InChI is InChI=1S/C22H45N5O/c1-5-10-26-11-8-19(9-12-26)17-24-22(23-4)25-18-21(20(6-2)7-3)27-13-15-28-16-14-27/h19-21H,5-18H2,1-4H3,(H2,23,24,25). The highest BCUT2D eigenvalue weighted by molar-refractivity contribution is 5.79. The van der Waals surface area contributed by atoms with Crippen molar-refractivity contribution < 1.29 is 4.74 Å². The zero-order valence-electron chi connectivity index (χ0n) is 18.9. The van der Waals surface area contributed by atoms with Crippen LogP contribution in [0.3, 0.4) is 0 Å². The molecule has 6 heteroatoms. The van der Waals surface area contributed by atoms with E-state index in [0.29, 0.717) is 12.0 Å². The molecular weight excluding hydrogens is 350 g/mol. The third-order valence-electron chi connectivity index (χ3n) is 6.62. The monoisotopic (exact) mass is 395 g/mol. The summed E-state index contributed by atoms with van der Waals surface area (Å²) in [5, 5.41) is 7.23. The van der Waals surface area contributed by atoms with Crippen molar-refractivity contribution >= 4 is 5.96 Å². The molecule has 164 valence electrons. The summed E-state index contributed by atoms with van der Waals surface area (Å²) in [4.78, 5) is 9.71. The lowest BCUT2D eigenvalue weighted by Gasteiger charge is -2.39. The molecule has 2 saturated heterocycles. The van der Waals surface area contributed by atoms with Crippen molar-refractivity contribution in [1.82, 2.24) is 20.4 Å². The number of guanidine groups is 1. The third kappa shape index (κ3) is 7.53. The number of likely N-dealkylation sites (tertiary alicyclic amines) is 1. The molecule has 2 fully saturated rings. The molecule has 0 spiro atoms. The van der Waals surface area contributed by atoms with E-state index in [1.54, 1.807) is 0 Å². The molecule has 28 heavy (non-hydrogen) atoms. The van der Waals surface area contributed by atoms with E-state index in [-0.39, 0.29) is 0 Å². The maximum atomic E-state index is 5.57. The van der Waals surface area contributed by atoms with E-state index in [9.17, 15) is 0 Å². The van der Waals surface area contributed by atoms with Crippen molar-refractivity contribution in [2.75, 3.05) is 66.1 Å². The fourth-order valence-corrected chi connectivity index (χ4v) is 4.73. The SMILES string of the molecule is CCCN1CCC(CNC(=NC)NCC(C(CC)CC)N2CCOCC2)CC1. The Labute approximate surface area is 173 Å². The Morgan fingerprint density at radius 3 is 2.29 bits per heavy atom. The normalized spacial score (nSPS) is 21.8. The molecule has 1 unspecified atom stereocenters. The van der Waals surface area contributed by atoms with Crippen molar-refractivity contribution in [3.8, 4) is 0 Å². The van der Waals surface area contributed by atoms with Crippen LogP contribution in [0.4, 0.5) is 0 Å². The molecule has 0 aromatic carbocycles. The minimum absolute atomic E-state index is 0.551. The molecule has 0 amide bonds. The van der Waals surface area contributed by atoms with Crippen LogP contribution in [0, 0.1) is 11.8 Å². The van der Waals surface area contributed by atoms with Gasteiger partial charge in [-0.15, -0.1) is 0 Å². The first kappa shape index (κ1) is 23.4. The number of aliphatic imine (C=N–C) groups is 1. The van der Waals surface area contributed by atoms with Crippen molar-refractivity contribution in [2.45, 2.75) is 58.9 Å². The number of morpholine rings is 1. The Kier molecular flexibility index (Phi) is 11.2. The second kappa shape index (κ2) is 13.4. The number of hydrogen-bond donors (Lipinski definition) is 2. The molecular formula is C22H45N5O. The van der Waals surface area contributed by atoms with E-state index in [1.165, 1.54) is 51.7 Å². The second-order valence-electron chi connectivity index (χ2n) is 8.41. The predicted molar refractivity (Wildman–Crippen MR) is 119 cm³/mol. The molecule has 2 N–H and O–H groups in total. The van der Waals surface area contributed by atoms with E-state index in [1.807, 2.05) is 7.05 Å². The lowest BCUT2D eigenvalue weighted by atomic mass is 9.92. The lowest BCUT2D eigenvalue weighted by molar-refractivity contribution is 0.00271. The third-order valence-corrected chi connectivity index (χ3v) is 6.62.